The van der Waals surface area contributed by atoms with Crippen LogP contribution in [0.25, 0.3) is 11.0 Å². The number of hydrogen-bond acceptors (Lipinski definition) is 6. The highest BCUT2D eigenvalue weighted by Crippen LogP contribution is 2.28. The number of amides is 1. The molecule has 1 aromatic carbocycles. The average molecular weight is 360 g/mol. The van der Waals surface area contributed by atoms with Crippen LogP contribution in [0.15, 0.2) is 47.6 Å². The third-order valence-electron chi connectivity index (χ3n) is 3.68. The van der Waals surface area contributed by atoms with Gasteiger partial charge in [0.2, 0.25) is 0 Å². The van der Waals surface area contributed by atoms with Crippen LogP contribution < -0.4 is 5.73 Å². The minimum Gasteiger partial charge on any atom is -0.365 e. The molecular weight excluding hydrogens is 348 g/mol. The van der Waals surface area contributed by atoms with Gasteiger partial charge in [-0.05, 0) is 25.1 Å². The number of carbonyl (C=O) groups excluding carboxylic acids is 1. The second kappa shape index (κ2) is 5.67. The van der Waals surface area contributed by atoms with Crippen molar-refractivity contribution >= 4 is 32.7 Å². The number of pyridine rings is 1. The summed E-state index contributed by atoms with van der Waals surface area (Å²) in [6.07, 6.45) is 2.01. The number of carbonyl (C=O) groups is 1. The molecule has 2 heterocycles. The predicted octanol–water partition coefficient (Wildman–Crippen LogP) is 1.59. The van der Waals surface area contributed by atoms with Gasteiger partial charge in [-0.3, -0.25) is 14.9 Å². The highest BCUT2D eigenvalue weighted by Gasteiger charge is 2.27. The topological polar surface area (TPSA) is 138 Å². The van der Waals surface area contributed by atoms with E-state index < -0.39 is 26.5 Å². The summed E-state index contributed by atoms with van der Waals surface area (Å²) < 4.78 is 26.5. The molecule has 3 rings (SSSR count). The lowest BCUT2D eigenvalue weighted by atomic mass is 10.1. The number of nitro groups is 1. The monoisotopic (exact) mass is 360 g/mol. The summed E-state index contributed by atoms with van der Waals surface area (Å²) in [5.74, 6) is -1.04. The van der Waals surface area contributed by atoms with E-state index in [9.17, 15) is 23.3 Å². The molecule has 0 spiro atoms. The number of primary amides is 1. The predicted molar refractivity (Wildman–Crippen MR) is 88.7 cm³/mol. The first-order valence-corrected chi connectivity index (χ1v) is 8.44. The number of benzene rings is 1. The van der Waals surface area contributed by atoms with Crippen molar-refractivity contribution in [2.45, 2.75) is 11.8 Å². The Morgan fingerprint density at radius 2 is 1.88 bits per heavy atom. The SMILES string of the molecule is Cc1ccc(S(=O)(=O)n2ccc3c(C(N)=O)c([N+](=O)[O-])cnc32)cc1. The number of nitrogens with zero attached hydrogens (tertiary/aromatic N) is 3. The maximum atomic E-state index is 12.8. The van der Waals surface area contributed by atoms with Crippen LogP contribution in [-0.2, 0) is 10.0 Å². The fourth-order valence-corrected chi connectivity index (χ4v) is 3.77. The summed E-state index contributed by atoms with van der Waals surface area (Å²) in [6, 6.07) is 7.44. The van der Waals surface area contributed by atoms with Crippen molar-refractivity contribution in [2.75, 3.05) is 0 Å². The van der Waals surface area contributed by atoms with E-state index >= 15 is 0 Å². The van der Waals surface area contributed by atoms with Gasteiger partial charge in [-0.1, -0.05) is 17.7 Å². The van der Waals surface area contributed by atoms with Crippen LogP contribution in [0, 0.1) is 17.0 Å². The fraction of sp³-hybridized carbons (Fsp3) is 0.0667. The zero-order valence-electron chi connectivity index (χ0n) is 12.9. The highest BCUT2D eigenvalue weighted by atomic mass is 32.2. The third-order valence-corrected chi connectivity index (χ3v) is 5.36. The molecule has 25 heavy (non-hydrogen) atoms. The maximum absolute atomic E-state index is 12.8. The highest BCUT2D eigenvalue weighted by molar-refractivity contribution is 7.90. The van der Waals surface area contributed by atoms with Crippen molar-refractivity contribution in [3.05, 3.63) is 64.0 Å². The van der Waals surface area contributed by atoms with E-state index in [0.29, 0.717) is 0 Å². The van der Waals surface area contributed by atoms with Crippen LogP contribution in [0.1, 0.15) is 15.9 Å². The van der Waals surface area contributed by atoms with E-state index in [4.69, 9.17) is 5.73 Å². The number of rotatable bonds is 4. The molecule has 3 aromatic rings. The molecule has 10 heteroatoms. The molecule has 0 aliphatic heterocycles. The fourth-order valence-electron chi connectivity index (χ4n) is 2.47. The Morgan fingerprint density at radius 3 is 2.44 bits per heavy atom. The molecule has 0 radical (unpaired) electrons. The van der Waals surface area contributed by atoms with Gasteiger partial charge < -0.3 is 5.73 Å². The van der Waals surface area contributed by atoms with E-state index in [1.54, 1.807) is 12.1 Å². The van der Waals surface area contributed by atoms with Crippen molar-refractivity contribution in [2.24, 2.45) is 5.73 Å². The molecule has 0 aliphatic carbocycles. The van der Waals surface area contributed by atoms with Crippen LogP contribution in [0.3, 0.4) is 0 Å². The lowest BCUT2D eigenvalue weighted by molar-refractivity contribution is -0.385. The lowest BCUT2D eigenvalue weighted by Crippen LogP contribution is -2.16. The van der Waals surface area contributed by atoms with Crippen molar-refractivity contribution in [1.82, 2.24) is 8.96 Å². The molecular formula is C15H12N4O5S. The molecule has 2 N–H and O–H groups in total. The first kappa shape index (κ1) is 16.6. The smallest absolute Gasteiger partial charge is 0.301 e. The molecule has 128 valence electrons. The quantitative estimate of drug-likeness (QED) is 0.554. The zero-order chi connectivity index (χ0) is 18.4. The van der Waals surface area contributed by atoms with Crippen molar-refractivity contribution in [1.29, 1.82) is 0 Å². The second-order valence-corrected chi connectivity index (χ2v) is 7.12. The molecule has 9 nitrogen and oxygen atoms in total. The Hall–Kier alpha value is -3.27. The van der Waals surface area contributed by atoms with E-state index in [-0.39, 0.29) is 21.5 Å². The van der Waals surface area contributed by atoms with Gasteiger partial charge in [-0.2, -0.15) is 0 Å². The van der Waals surface area contributed by atoms with E-state index in [2.05, 4.69) is 4.98 Å². The van der Waals surface area contributed by atoms with E-state index in [1.165, 1.54) is 24.4 Å². The van der Waals surface area contributed by atoms with E-state index in [0.717, 1.165) is 15.7 Å². The van der Waals surface area contributed by atoms with Gasteiger partial charge in [0, 0.05) is 11.6 Å². The number of aryl methyl sites for hydroxylation is 1. The summed E-state index contributed by atoms with van der Waals surface area (Å²) in [5, 5.41) is 11.1. The number of nitrogens with two attached hydrogens (primary N) is 1. The van der Waals surface area contributed by atoms with Gasteiger partial charge in [-0.25, -0.2) is 17.4 Å². The number of fused-ring (bicyclic) bond motifs is 1. The summed E-state index contributed by atoms with van der Waals surface area (Å²) >= 11 is 0. The van der Waals surface area contributed by atoms with Crippen molar-refractivity contribution in [3.8, 4) is 0 Å². The van der Waals surface area contributed by atoms with Crippen LogP contribution in [0.4, 0.5) is 5.69 Å². The molecule has 0 unspecified atom stereocenters. The Morgan fingerprint density at radius 1 is 1.24 bits per heavy atom. The van der Waals surface area contributed by atoms with Gasteiger partial charge in [0.05, 0.1) is 9.82 Å². The minimum atomic E-state index is -3.98. The largest absolute Gasteiger partial charge is 0.365 e. The molecule has 0 aliphatic rings. The van der Waals surface area contributed by atoms with Crippen LogP contribution in [0.5, 0.6) is 0 Å². The molecule has 0 atom stereocenters. The van der Waals surface area contributed by atoms with Crippen LogP contribution >= 0.6 is 0 Å². The van der Waals surface area contributed by atoms with Crippen molar-refractivity contribution < 1.29 is 18.1 Å². The number of aromatic nitrogens is 2. The minimum absolute atomic E-state index is 0.00242. The average Bonchev–Trinajstić information content (AvgIpc) is 2.98. The van der Waals surface area contributed by atoms with Gasteiger partial charge >= 0.3 is 5.69 Å². The Labute approximate surface area is 141 Å². The Kier molecular flexibility index (Phi) is 3.76. The number of hydrogen-bond donors (Lipinski definition) is 1. The summed E-state index contributed by atoms with van der Waals surface area (Å²) in [6.45, 7) is 1.82. The zero-order valence-corrected chi connectivity index (χ0v) is 13.7. The molecule has 0 fully saturated rings. The standard InChI is InChI=1S/C15H12N4O5S/c1-9-2-4-10(5-3-9)25(23,24)18-7-6-11-13(14(16)20)12(19(21)22)8-17-15(11)18/h2-8H,1H3,(H2,16,20). The molecule has 0 saturated heterocycles. The summed E-state index contributed by atoms with van der Waals surface area (Å²) in [5.41, 5.74) is 5.05. The van der Waals surface area contributed by atoms with Crippen LogP contribution in [0.2, 0.25) is 0 Å². The normalized spacial score (nSPS) is 11.6. The molecule has 2 aromatic heterocycles. The van der Waals surface area contributed by atoms with E-state index in [1.807, 2.05) is 6.92 Å². The Balaban J connectivity index is 2.29. The van der Waals surface area contributed by atoms with Gasteiger partial charge in [0.1, 0.15) is 11.8 Å². The lowest BCUT2D eigenvalue weighted by Gasteiger charge is -2.08. The molecule has 1 amide bonds. The first-order chi connectivity index (χ1) is 11.7. The third kappa shape index (κ3) is 2.62. The molecule has 0 bridgehead atoms. The van der Waals surface area contributed by atoms with Gasteiger partial charge in [-0.15, -0.1) is 0 Å². The van der Waals surface area contributed by atoms with Crippen molar-refractivity contribution in [3.63, 3.8) is 0 Å². The Bertz CT molecular complexity index is 1120. The first-order valence-electron chi connectivity index (χ1n) is 7.00. The maximum Gasteiger partial charge on any atom is 0.301 e. The molecule has 0 saturated carbocycles. The summed E-state index contributed by atoms with van der Waals surface area (Å²) in [4.78, 5) is 25.8. The van der Waals surface area contributed by atoms with Crippen LogP contribution in [-0.4, -0.2) is 28.2 Å². The van der Waals surface area contributed by atoms with Gasteiger partial charge in [0.25, 0.3) is 15.9 Å². The summed E-state index contributed by atoms with van der Waals surface area (Å²) in [7, 11) is -3.98. The van der Waals surface area contributed by atoms with Gasteiger partial charge in [0.15, 0.2) is 5.65 Å². The second-order valence-electron chi connectivity index (χ2n) is 5.31.